The molecule has 2 heterocycles. The molecule has 0 aliphatic carbocycles. The number of hydrogen-bond donors (Lipinski definition) is 4. The Hall–Kier alpha value is -2.97. The highest BCUT2D eigenvalue weighted by Gasteiger charge is 2.26. The second kappa shape index (κ2) is 10.8. The van der Waals surface area contributed by atoms with E-state index >= 15 is 0 Å². The summed E-state index contributed by atoms with van der Waals surface area (Å²) in [7, 11) is 1.77. The number of thiol groups is 1. The third kappa shape index (κ3) is 5.69. The maximum atomic E-state index is 13.4. The van der Waals surface area contributed by atoms with Gasteiger partial charge in [0.25, 0.3) is 5.91 Å². The largest absolute Gasteiger partial charge is 0.491 e. The fourth-order valence-electron chi connectivity index (χ4n) is 4.37. The van der Waals surface area contributed by atoms with Crippen molar-refractivity contribution < 1.29 is 9.53 Å². The topological polar surface area (TPSA) is 80.7 Å². The minimum absolute atomic E-state index is 0.0464. The van der Waals surface area contributed by atoms with Crippen LogP contribution in [0.1, 0.15) is 21.5 Å². The zero-order valence-corrected chi connectivity index (χ0v) is 19.8. The molecule has 0 bridgehead atoms. The highest BCUT2D eigenvalue weighted by Crippen LogP contribution is 2.27. The van der Waals surface area contributed by atoms with Gasteiger partial charge in [0.1, 0.15) is 12.4 Å². The van der Waals surface area contributed by atoms with Crippen LogP contribution in [0.4, 0.5) is 5.69 Å². The van der Waals surface area contributed by atoms with Gasteiger partial charge >= 0.3 is 0 Å². The number of nitrogens with zero attached hydrogens (tertiary/aromatic N) is 2. The summed E-state index contributed by atoms with van der Waals surface area (Å²) in [6.07, 6.45) is 3.96. The van der Waals surface area contributed by atoms with E-state index in [1.165, 1.54) is 17.3 Å². The van der Waals surface area contributed by atoms with E-state index in [0.717, 1.165) is 31.7 Å². The lowest BCUT2D eigenvalue weighted by Crippen LogP contribution is -2.42. The van der Waals surface area contributed by atoms with Crippen molar-refractivity contribution in [3.63, 3.8) is 0 Å². The molecule has 1 atom stereocenters. The van der Waals surface area contributed by atoms with Gasteiger partial charge < -0.3 is 25.7 Å². The standard InChI is InChI=1S/C25H31N5O2S/c1-27-14-21(13-26)28-20-6-7-24-23(12-20)25(31)30(10-11-32-24)17-22(33)16-29-9-8-18-4-2-3-5-19(18)15-29/h2-7,12-14,22,26-28,33H,8-11,15-17H2,1H3/b21-14+,26-13?/t22-/m1/s1. The number of carbonyl (C=O) groups is 1. The van der Waals surface area contributed by atoms with Gasteiger partial charge in [0.05, 0.1) is 17.8 Å². The van der Waals surface area contributed by atoms with Crippen molar-refractivity contribution in [2.45, 2.75) is 18.2 Å². The first-order chi connectivity index (χ1) is 16.1. The third-order valence-electron chi connectivity index (χ3n) is 5.97. The summed E-state index contributed by atoms with van der Waals surface area (Å²) in [6, 6.07) is 14.1. The van der Waals surface area contributed by atoms with Crippen LogP contribution in [0.25, 0.3) is 0 Å². The number of benzene rings is 2. The molecule has 2 aliphatic rings. The van der Waals surface area contributed by atoms with Crippen molar-refractivity contribution in [1.29, 1.82) is 5.41 Å². The predicted octanol–water partition coefficient (Wildman–Crippen LogP) is 3.00. The molecule has 0 saturated carbocycles. The molecule has 4 rings (SSSR count). The quantitative estimate of drug-likeness (QED) is 0.356. The van der Waals surface area contributed by atoms with E-state index in [4.69, 9.17) is 22.8 Å². The molecule has 7 nitrogen and oxygen atoms in total. The Morgan fingerprint density at radius 3 is 2.82 bits per heavy atom. The Kier molecular flexibility index (Phi) is 7.57. The Morgan fingerprint density at radius 1 is 1.21 bits per heavy atom. The number of fused-ring (bicyclic) bond motifs is 2. The highest BCUT2D eigenvalue weighted by atomic mass is 32.1. The van der Waals surface area contributed by atoms with Crippen LogP contribution in [0.15, 0.2) is 54.4 Å². The van der Waals surface area contributed by atoms with Crippen molar-refractivity contribution in [3.05, 3.63) is 71.1 Å². The Balaban J connectivity index is 1.41. The first-order valence-corrected chi connectivity index (χ1v) is 11.8. The lowest BCUT2D eigenvalue weighted by molar-refractivity contribution is 0.0750. The van der Waals surface area contributed by atoms with Crippen LogP contribution in [-0.2, 0) is 13.0 Å². The summed E-state index contributed by atoms with van der Waals surface area (Å²) in [6.45, 7) is 4.31. The predicted molar refractivity (Wildman–Crippen MR) is 136 cm³/mol. The first-order valence-electron chi connectivity index (χ1n) is 11.3. The second-order valence-electron chi connectivity index (χ2n) is 8.38. The van der Waals surface area contributed by atoms with E-state index in [2.05, 4.69) is 39.8 Å². The summed E-state index contributed by atoms with van der Waals surface area (Å²) >= 11 is 4.84. The van der Waals surface area contributed by atoms with Crippen LogP contribution < -0.4 is 15.4 Å². The van der Waals surface area contributed by atoms with E-state index in [0.29, 0.717) is 36.7 Å². The number of amides is 1. The number of allylic oxidation sites excluding steroid dienone is 1. The molecule has 2 aromatic rings. The van der Waals surface area contributed by atoms with Gasteiger partial charge in [0.15, 0.2) is 0 Å². The zero-order chi connectivity index (χ0) is 23.2. The van der Waals surface area contributed by atoms with Crippen molar-refractivity contribution in [3.8, 4) is 5.75 Å². The Labute approximate surface area is 200 Å². The molecule has 174 valence electrons. The van der Waals surface area contributed by atoms with Crippen molar-refractivity contribution in [1.82, 2.24) is 15.1 Å². The second-order valence-corrected chi connectivity index (χ2v) is 9.11. The summed E-state index contributed by atoms with van der Waals surface area (Å²) in [5.41, 5.74) is 4.66. The minimum Gasteiger partial charge on any atom is -0.491 e. The Bertz CT molecular complexity index is 1040. The van der Waals surface area contributed by atoms with Gasteiger partial charge in [-0.25, -0.2) is 0 Å². The Morgan fingerprint density at radius 2 is 2.03 bits per heavy atom. The molecule has 2 aromatic carbocycles. The van der Waals surface area contributed by atoms with E-state index in [1.807, 2.05) is 17.0 Å². The third-order valence-corrected chi connectivity index (χ3v) is 6.30. The lowest BCUT2D eigenvalue weighted by Gasteiger charge is -2.32. The van der Waals surface area contributed by atoms with E-state index in [9.17, 15) is 4.79 Å². The molecule has 33 heavy (non-hydrogen) atoms. The number of carbonyl (C=O) groups excluding carboxylic acids is 1. The molecule has 0 unspecified atom stereocenters. The molecule has 0 fully saturated rings. The SMILES string of the molecule is CN/C=C(\C=N)Nc1ccc2c(c1)C(=O)N(C[C@H](S)CN1CCc3ccccc3C1)CCO2. The van der Waals surface area contributed by atoms with Gasteiger partial charge in [-0.1, -0.05) is 24.3 Å². The normalized spacial score (nSPS) is 17.3. The van der Waals surface area contributed by atoms with Crippen molar-refractivity contribution in [2.75, 3.05) is 45.2 Å². The van der Waals surface area contributed by atoms with Crippen LogP contribution in [0, 0.1) is 5.41 Å². The van der Waals surface area contributed by atoms with Gasteiger partial charge in [-0.15, -0.1) is 0 Å². The van der Waals surface area contributed by atoms with Crippen LogP contribution in [0.5, 0.6) is 5.75 Å². The van der Waals surface area contributed by atoms with Crippen LogP contribution in [0.3, 0.4) is 0 Å². The molecule has 0 radical (unpaired) electrons. The molecule has 0 aromatic heterocycles. The van der Waals surface area contributed by atoms with Crippen LogP contribution in [-0.4, -0.2) is 67.0 Å². The van der Waals surface area contributed by atoms with Crippen molar-refractivity contribution in [2.24, 2.45) is 0 Å². The van der Waals surface area contributed by atoms with E-state index in [-0.39, 0.29) is 11.2 Å². The molecule has 8 heteroatoms. The average molecular weight is 466 g/mol. The highest BCUT2D eigenvalue weighted by molar-refractivity contribution is 7.81. The number of nitrogens with one attached hydrogen (secondary N) is 3. The first kappa shape index (κ1) is 23.2. The maximum absolute atomic E-state index is 13.4. The summed E-state index contributed by atoms with van der Waals surface area (Å²) in [4.78, 5) is 17.6. The monoisotopic (exact) mass is 465 g/mol. The molecular weight excluding hydrogens is 434 g/mol. The number of rotatable bonds is 8. The van der Waals surface area contributed by atoms with Crippen LogP contribution in [0.2, 0.25) is 0 Å². The summed E-state index contributed by atoms with van der Waals surface area (Å²) in [5, 5.41) is 13.6. The smallest absolute Gasteiger partial charge is 0.257 e. The molecular formula is C25H31N5O2S. The van der Waals surface area contributed by atoms with E-state index < -0.39 is 0 Å². The fraction of sp³-hybridized carbons (Fsp3) is 0.360. The maximum Gasteiger partial charge on any atom is 0.257 e. The van der Waals surface area contributed by atoms with Gasteiger partial charge in [-0.05, 0) is 35.7 Å². The number of anilines is 1. The van der Waals surface area contributed by atoms with Gasteiger partial charge in [-0.2, -0.15) is 12.6 Å². The van der Waals surface area contributed by atoms with Crippen LogP contribution >= 0.6 is 12.6 Å². The average Bonchev–Trinajstić information content (AvgIpc) is 2.97. The van der Waals surface area contributed by atoms with Gasteiger partial charge in [0, 0.05) is 56.6 Å². The summed E-state index contributed by atoms with van der Waals surface area (Å²) in [5.74, 6) is 0.536. The fourth-order valence-corrected chi connectivity index (χ4v) is 4.80. The molecule has 3 N–H and O–H groups in total. The van der Waals surface area contributed by atoms with Gasteiger partial charge in [-0.3, -0.25) is 9.69 Å². The molecule has 1 amide bonds. The minimum atomic E-state index is -0.0526. The number of ether oxygens (including phenoxy) is 1. The number of hydrogen-bond acceptors (Lipinski definition) is 7. The summed E-state index contributed by atoms with van der Waals surface area (Å²) < 4.78 is 5.86. The lowest BCUT2D eigenvalue weighted by atomic mass is 10.00. The molecule has 0 saturated heterocycles. The molecule has 0 spiro atoms. The van der Waals surface area contributed by atoms with E-state index in [1.54, 1.807) is 19.3 Å². The van der Waals surface area contributed by atoms with Gasteiger partial charge in [0.2, 0.25) is 0 Å². The van der Waals surface area contributed by atoms with Crippen molar-refractivity contribution >= 4 is 30.4 Å². The zero-order valence-electron chi connectivity index (χ0n) is 18.9. The molecule has 2 aliphatic heterocycles.